The zero-order valence-electron chi connectivity index (χ0n) is 8.45. The predicted molar refractivity (Wildman–Crippen MR) is 60.9 cm³/mol. The molecule has 1 aromatic rings. The molecule has 2 rings (SSSR count). The number of benzene rings is 1. The van der Waals surface area contributed by atoms with Gasteiger partial charge in [-0.15, -0.1) is 12.4 Å². The number of rotatable bonds is 1. The van der Waals surface area contributed by atoms with Gasteiger partial charge in [-0.3, -0.25) is 0 Å². The molecule has 1 fully saturated rings. The third-order valence-corrected chi connectivity index (χ3v) is 2.64. The topological polar surface area (TPSA) is 38.3 Å². The quantitative estimate of drug-likeness (QED) is 0.860. The zero-order valence-corrected chi connectivity index (χ0v) is 10.0. The lowest BCUT2D eigenvalue weighted by Crippen LogP contribution is -2.49. The van der Waals surface area contributed by atoms with E-state index in [1.54, 1.807) is 12.1 Å². The van der Waals surface area contributed by atoms with Crippen LogP contribution in [-0.4, -0.2) is 18.6 Å². The van der Waals surface area contributed by atoms with Gasteiger partial charge in [0.15, 0.2) is 6.61 Å². The predicted octanol–water partition coefficient (Wildman–Crippen LogP) is 3.18. The van der Waals surface area contributed by atoms with Crippen molar-refractivity contribution >= 4 is 30.1 Å². The van der Waals surface area contributed by atoms with Crippen molar-refractivity contribution in [3.8, 4) is 0 Å². The van der Waals surface area contributed by atoms with E-state index in [-0.39, 0.29) is 23.0 Å². The minimum atomic E-state index is -3.17. The summed E-state index contributed by atoms with van der Waals surface area (Å²) in [4.78, 5) is 10.9. The molecule has 0 radical (unpaired) electrons. The highest BCUT2D eigenvalue weighted by atomic mass is 35.5. The molecule has 1 saturated heterocycles. The van der Waals surface area contributed by atoms with Crippen LogP contribution >= 0.6 is 24.0 Å². The molecule has 17 heavy (non-hydrogen) atoms. The molecule has 1 N–H and O–H groups in total. The first-order valence-electron chi connectivity index (χ1n) is 4.56. The van der Waals surface area contributed by atoms with Crippen molar-refractivity contribution in [3.05, 3.63) is 34.9 Å². The first kappa shape index (κ1) is 14.0. The van der Waals surface area contributed by atoms with E-state index in [0.717, 1.165) is 0 Å². The van der Waals surface area contributed by atoms with Crippen molar-refractivity contribution in [1.29, 1.82) is 0 Å². The average molecular weight is 284 g/mol. The summed E-state index contributed by atoms with van der Waals surface area (Å²) < 4.78 is 31.3. The Kier molecular flexibility index (Phi) is 4.16. The second kappa shape index (κ2) is 5.06. The molecule has 1 amide bonds. The Labute approximate surface area is 107 Å². The normalized spacial score (nSPS) is 22.1. The lowest BCUT2D eigenvalue weighted by atomic mass is 10.0. The van der Waals surface area contributed by atoms with Crippen LogP contribution in [0.1, 0.15) is 11.6 Å². The number of halogens is 4. The summed E-state index contributed by atoms with van der Waals surface area (Å²) in [6, 6.07) is 4.72. The Morgan fingerprint density at radius 2 is 2.06 bits per heavy atom. The number of carbonyl (C=O) groups is 1. The third kappa shape index (κ3) is 2.79. The molecule has 1 heterocycles. The Hall–Kier alpha value is -1.07. The van der Waals surface area contributed by atoms with Crippen molar-refractivity contribution in [2.24, 2.45) is 0 Å². The minimum Gasteiger partial charge on any atom is -0.443 e. The van der Waals surface area contributed by atoms with Gasteiger partial charge in [0.1, 0.15) is 6.04 Å². The molecule has 0 spiro atoms. The number of alkyl halides is 2. The van der Waals surface area contributed by atoms with E-state index < -0.39 is 24.7 Å². The van der Waals surface area contributed by atoms with Crippen LogP contribution in [0.25, 0.3) is 0 Å². The van der Waals surface area contributed by atoms with E-state index in [1.807, 2.05) is 0 Å². The molecule has 94 valence electrons. The van der Waals surface area contributed by atoms with Crippen LogP contribution in [0.5, 0.6) is 0 Å². The van der Waals surface area contributed by atoms with Gasteiger partial charge in [0.25, 0.3) is 0 Å². The number of nitrogens with one attached hydrogen (secondary N) is 1. The Morgan fingerprint density at radius 3 is 2.71 bits per heavy atom. The summed E-state index contributed by atoms with van der Waals surface area (Å²) in [5, 5.41) is 2.26. The molecule has 0 aliphatic carbocycles. The molecule has 7 heteroatoms. The lowest BCUT2D eigenvalue weighted by molar-refractivity contribution is -0.104. The molecular weight excluding hydrogens is 275 g/mol. The first-order valence-corrected chi connectivity index (χ1v) is 4.94. The maximum Gasteiger partial charge on any atom is 0.408 e. The van der Waals surface area contributed by atoms with Crippen molar-refractivity contribution in [1.82, 2.24) is 5.32 Å². The van der Waals surface area contributed by atoms with Gasteiger partial charge in [-0.05, 0) is 11.6 Å². The third-order valence-electron chi connectivity index (χ3n) is 2.30. The summed E-state index contributed by atoms with van der Waals surface area (Å²) in [6.07, 6.45) is -0.865. The van der Waals surface area contributed by atoms with Crippen LogP contribution in [0.15, 0.2) is 24.3 Å². The number of amides is 1. The maximum absolute atomic E-state index is 13.5. The summed E-state index contributed by atoms with van der Waals surface area (Å²) in [5.74, 6) is -3.17. The lowest BCUT2D eigenvalue weighted by Gasteiger charge is -2.32. The molecule has 0 aromatic heterocycles. The molecule has 1 atom stereocenters. The van der Waals surface area contributed by atoms with Gasteiger partial charge in [-0.25, -0.2) is 13.6 Å². The first-order chi connectivity index (χ1) is 7.50. The summed E-state index contributed by atoms with van der Waals surface area (Å²) >= 11 is 5.81. The summed E-state index contributed by atoms with van der Waals surface area (Å²) in [5.41, 5.74) is 0.186. The Bertz CT molecular complexity index is 429. The number of carbonyl (C=O) groups excluding carboxylic acids is 1. The van der Waals surface area contributed by atoms with Gasteiger partial charge in [-0.1, -0.05) is 29.8 Å². The van der Waals surface area contributed by atoms with E-state index >= 15 is 0 Å². The van der Waals surface area contributed by atoms with E-state index in [1.165, 1.54) is 12.1 Å². The highest BCUT2D eigenvalue weighted by molar-refractivity contribution is 6.31. The number of ether oxygens (including phenoxy) is 1. The highest BCUT2D eigenvalue weighted by Crippen LogP contribution is 2.37. The van der Waals surface area contributed by atoms with E-state index in [9.17, 15) is 13.6 Å². The van der Waals surface area contributed by atoms with E-state index in [0.29, 0.717) is 0 Å². The largest absolute Gasteiger partial charge is 0.443 e. The van der Waals surface area contributed by atoms with Crippen LogP contribution in [0.2, 0.25) is 5.02 Å². The minimum absolute atomic E-state index is 0. The highest BCUT2D eigenvalue weighted by Gasteiger charge is 2.47. The summed E-state index contributed by atoms with van der Waals surface area (Å²) in [6.45, 7) is -0.936. The summed E-state index contributed by atoms with van der Waals surface area (Å²) in [7, 11) is 0. The van der Waals surface area contributed by atoms with E-state index in [4.69, 9.17) is 11.6 Å². The molecule has 0 bridgehead atoms. The van der Waals surface area contributed by atoms with Crippen LogP contribution < -0.4 is 5.32 Å². The fraction of sp³-hybridized carbons (Fsp3) is 0.300. The van der Waals surface area contributed by atoms with Crippen LogP contribution in [0, 0.1) is 0 Å². The van der Waals surface area contributed by atoms with Crippen molar-refractivity contribution < 1.29 is 18.3 Å². The van der Waals surface area contributed by atoms with Gasteiger partial charge in [0.05, 0.1) is 0 Å². The average Bonchev–Trinajstić information content (AvgIpc) is 2.23. The fourth-order valence-corrected chi connectivity index (χ4v) is 1.77. The number of hydrogen-bond acceptors (Lipinski definition) is 2. The van der Waals surface area contributed by atoms with Crippen LogP contribution in [0.3, 0.4) is 0 Å². The van der Waals surface area contributed by atoms with Crippen molar-refractivity contribution in [3.63, 3.8) is 0 Å². The van der Waals surface area contributed by atoms with Crippen LogP contribution in [0.4, 0.5) is 13.6 Å². The number of hydrogen-bond donors (Lipinski definition) is 1. The van der Waals surface area contributed by atoms with Crippen molar-refractivity contribution in [2.75, 3.05) is 6.61 Å². The monoisotopic (exact) mass is 283 g/mol. The molecule has 0 saturated carbocycles. The molecule has 1 aliphatic heterocycles. The van der Waals surface area contributed by atoms with Gasteiger partial charge < -0.3 is 10.1 Å². The van der Waals surface area contributed by atoms with Gasteiger partial charge in [0, 0.05) is 5.02 Å². The standard InChI is InChI=1S/C10H8ClF2NO2.ClH/c11-7-4-2-1-3-6(7)8-10(12,13)5-16-9(15)14-8;/h1-4,8H,5H2,(H,14,15);1H/t8-;/m1./s1. The van der Waals surface area contributed by atoms with Gasteiger partial charge in [-0.2, -0.15) is 0 Å². The maximum atomic E-state index is 13.5. The zero-order chi connectivity index (χ0) is 11.8. The molecule has 1 aromatic carbocycles. The van der Waals surface area contributed by atoms with Crippen molar-refractivity contribution in [2.45, 2.75) is 12.0 Å². The SMILES string of the molecule is Cl.O=C1N[C@H](c2ccccc2Cl)C(F)(F)CO1. The molecule has 3 nitrogen and oxygen atoms in total. The second-order valence-corrected chi connectivity index (χ2v) is 3.84. The molecule has 1 aliphatic rings. The smallest absolute Gasteiger partial charge is 0.408 e. The fourth-order valence-electron chi connectivity index (χ4n) is 1.52. The van der Waals surface area contributed by atoms with E-state index in [2.05, 4.69) is 10.1 Å². The number of cyclic esters (lactones) is 1. The molecular formula is C10H9Cl2F2NO2. The second-order valence-electron chi connectivity index (χ2n) is 3.44. The number of alkyl carbamates (subject to hydrolysis) is 1. The van der Waals surface area contributed by atoms with Gasteiger partial charge >= 0.3 is 12.0 Å². The molecule has 0 unspecified atom stereocenters. The Balaban J connectivity index is 0.00000144. The Morgan fingerprint density at radius 1 is 1.41 bits per heavy atom. The van der Waals surface area contributed by atoms with Gasteiger partial charge in [0.2, 0.25) is 0 Å². The van der Waals surface area contributed by atoms with Crippen LogP contribution in [-0.2, 0) is 4.74 Å².